The molecule has 1 amide bonds. The maximum atomic E-state index is 11.9. The molecule has 0 saturated carbocycles. The zero-order chi connectivity index (χ0) is 13.8. The van der Waals surface area contributed by atoms with E-state index in [1.807, 2.05) is 6.92 Å². The van der Waals surface area contributed by atoms with Crippen LogP contribution in [0, 0.1) is 0 Å². The molecule has 7 heteroatoms. The Bertz CT molecular complexity index is 515. The van der Waals surface area contributed by atoms with Crippen LogP contribution in [0.3, 0.4) is 0 Å². The summed E-state index contributed by atoms with van der Waals surface area (Å²) in [7, 11) is 0. The molecule has 2 rings (SSSR count). The van der Waals surface area contributed by atoms with E-state index in [1.54, 1.807) is 24.5 Å². The molecule has 0 aromatic carbocycles. The SMILES string of the molecule is CC(NC(=O)C1CC(C(=O)O)=NO1)c1ccncc1. The number of hydrogen-bond donors (Lipinski definition) is 2. The normalized spacial score (nSPS) is 19.2. The number of oxime groups is 1. The van der Waals surface area contributed by atoms with Gasteiger partial charge in [-0.1, -0.05) is 5.16 Å². The number of carbonyl (C=O) groups excluding carboxylic acids is 1. The van der Waals surface area contributed by atoms with E-state index in [1.165, 1.54) is 0 Å². The third kappa shape index (κ3) is 3.06. The second-order valence-corrected chi connectivity index (χ2v) is 4.15. The number of hydrogen-bond acceptors (Lipinski definition) is 5. The molecule has 2 heterocycles. The van der Waals surface area contributed by atoms with Gasteiger partial charge in [0.15, 0.2) is 5.71 Å². The Morgan fingerprint density at radius 3 is 2.74 bits per heavy atom. The van der Waals surface area contributed by atoms with E-state index >= 15 is 0 Å². The van der Waals surface area contributed by atoms with Crippen molar-refractivity contribution in [3.05, 3.63) is 30.1 Å². The summed E-state index contributed by atoms with van der Waals surface area (Å²) in [6.45, 7) is 1.82. The van der Waals surface area contributed by atoms with Crippen molar-refractivity contribution in [2.45, 2.75) is 25.5 Å². The maximum Gasteiger partial charge on any atom is 0.353 e. The Balaban J connectivity index is 1.91. The van der Waals surface area contributed by atoms with Crippen molar-refractivity contribution in [1.82, 2.24) is 10.3 Å². The van der Waals surface area contributed by atoms with Gasteiger partial charge < -0.3 is 15.3 Å². The maximum absolute atomic E-state index is 11.9. The van der Waals surface area contributed by atoms with E-state index in [-0.39, 0.29) is 24.1 Å². The first-order valence-electron chi connectivity index (χ1n) is 5.74. The van der Waals surface area contributed by atoms with Gasteiger partial charge >= 0.3 is 5.97 Å². The Hall–Kier alpha value is -2.44. The fourth-order valence-corrected chi connectivity index (χ4v) is 1.69. The summed E-state index contributed by atoms with van der Waals surface area (Å²) in [5, 5.41) is 14.8. The lowest BCUT2D eigenvalue weighted by atomic mass is 10.1. The Morgan fingerprint density at radius 1 is 1.47 bits per heavy atom. The minimum Gasteiger partial charge on any atom is -0.477 e. The summed E-state index contributed by atoms with van der Waals surface area (Å²) in [4.78, 5) is 31.2. The van der Waals surface area contributed by atoms with Crippen LogP contribution in [0.5, 0.6) is 0 Å². The molecule has 100 valence electrons. The van der Waals surface area contributed by atoms with Gasteiger partial charge in [0.25, 0.3) is 5.91 Å². The van der Waals surface area contributed by atoms with Crippen LogP contribution in [0.15, 0.2) is 29.7 Å². The Kier molecular flexibility index (Phi) is 3.74. The summed E-state index contributed by atoms with van der Waals surface area (Å²) in [5.41, 5.74) is 0.762. The molecule has 1 aliphatic heterocycles. The highest BCUT2D eigenvalue weighted by molar-refractivity contribution is 6.36. The minimum absolute atomic E-state index is 0.0236. The molecule has 0 fully saturated rings. The highest BCUT2D eigenvalue weighted by atomic mass is 16.6. The number of carboxylic acid groups (broad SMARTS) is 1. The summed E-state index contributed by atoms with van der Waals surface area (Å²) in [6, 6.07) is 3.37. The van der Waals surface area contributed by atoms with Crippen LogP contribution in [0.25, 0.3) is 0 Å². The van der Waals surface area contributed by atoms with Crippen molar-refractivity contribution in [2.24, 2.45) is 5.16 Å². The van der Waals surface area contributed by atoms with E-state index in [0.29, 0.717) is 0 Å². The van der Waals surface area contributed by atoms with Gasteiger partial charge in [0.05, 0.1) is 6.04 Å². The summed E-state index contributed by atoms with van der Waals surface area (Å²) < 4.78 is 0. The van der Waals surface area contributed by atoms with Crippen molar-refractivity contribution in [1.29, 1.82) is 0 Å². The molecular formula is C12H13N3O4. The number of nitrogens with zero attached hydrogens (tertiary/aromatic N) is 2. The van der Waals surface area contributed by atoms with Crippen molar-refractivity contribution in [3.8, 4) is 0 Å². The topological polar surface area (TPSA) is 101 Å². The molecule has 1 aromatic heterocycles. The molecular weight excluding hydrogens is 250 g/mol. The van der Waals surface area contributed by atoms with E-state index in [0.717, 1.165) is 5.56 Å². The average molecular weight is 263 g/mol. The van der Waals surface area contributed by atoms with Crippen molar-refractivity contribution >= 4 is 17.6 Å². The van der Waals surface area contributed by atoms with E-state index in [2.05, 4.69) is 15.5 Å². The molecule has 0 saturated heterocycles. The molecule has 0 aliphatic carbocycles. The summed E-state index contributed by atoms with van der Waals surface area (Å²) >= 11 is 0. The lowest BCUT2D eigenvalue weighted by Gasteiger charge is -2.16. The average Bonchev–Trinajstić information content (AvgIpc) is 2.89. The van der Waals surface area contributed by atoms with Gasteiger partial charge in [0, 0.05) is 18.8 Å². The molecule has 0 radical (unpaired) electrons. The first-order chi connectivity index (χ1) is 9.08. The number of rotatable bonds is 4. The third-order valence-electron chi connectivity index (χ3n) is 2.77. The first-order valence-corrected chi connectivity index (χ1v) is 5.74. The van der Waals surface area contributed by atoms with Crippen LogP contribution >= 0.6 is 0 Å². The molecule has 7 nitrogen and oxygen atoms in total. The van der Waals surface area contributed by atoms with Crippen LogP contribution in [-0.4, -0.2) is 33.8 Å². The zero-order valence-electron chi connectivity index (χ0n) is 10.2. The van der Waals surface area contributed by atoms with Crippen molar-refractivity contribution in [3.63, 3.8) is 0 Å². The highest BCUT2D eigenvalue weighted by Gasteiger charge is 2.32. The van der Waals surface area contributed by atoms with Crippen molar-refractivity contribution in [2.75, 3.05) is 0 Å². The number of aromatic nitrogens is 1. The van der Waals surface area contributed by atoms with Gasteiger partial charge in [-0.3, -0.25) is 9.78 Å². The van der Waals surface area contributed by atoms with Crippen LogP contribution in [0.2, 0.25) is 0 Å². The molecule has 0 spiro atoms. The third-order valence-corrected chi connectivity index (χ3v) is 2.77. The Morgan fingerprint density at radius 2 is 2.16 bits per heavy atom. The number of aliphatic carboxylic acids is 1. The van der Waals surface area contributed by atoms with Gasteiger partial charge in [-0.25, -0.2) is 4.79 Å². The zero-order valence-corrected chi connectivity index (χ0v) is 10.2. The van der Waals surface area contributed by atoms with E-state index in [9.17, 15) is 9.59 Å². The second kappa shape index (κ2) is 5.47. The molecule has 1 aromatic rings. The predicted molar refractivity (Wildman–Crippen MR) is 65.4 cm³/mol. The standard InChI is InChI=1S/C12H13N3O4/c1-7(8-2-4-13-5-3-8)14-11(16)10-6-9(12(17)18)15-19-10/h2-5,7,10H,6H2,1H3,(H,14,16)(H,17,18). The largest absolute Gasteiger partial charge is 0.477 e. The summed E-state index contributed by atoms with van der Waals surface area (Å²) in [5.74, 6) is -1.55. The van der Waals surface area contributed by atoms with Crippen LogP contribution in [-0.2, 0) is 14.4 Å². The Labute approximate surface area is 109 Å². The lowest BCUT2D eigenvalue weighted by Crippen LogP contribution is -2.36. The predicted octanol–water partition coefficient (Wildman–Crippen LogP) is 0.488. The van der Waals surface area contributed by atoms with Crippen LogP contribution in [0.1, 0.15) is 24.9 Å². The monoisotopic (exact) mass is 263 g/mol. The number of carboxylic acids is 1. The molecule has 2 atom stereocenters. The molecule has 2 N–H and O–H groups in total. The molecule has 2 unspecified atom stereocenters. The van der Waals surface area contributed by atoms with Gasteiger partial charge in [-0.05, 0) is 24.6 Å². The lowest BCUT2D eigenvalue weighted by molar-refractivity contribution is -0.132. The summed E-state index contributed by atoms with van der Waals surface area (Å²) in [6.07, 6.45) is 2.37. The molecule has 19 heavy (non-hydrogen) atoms. The highest BCUT2D eigenvalue weighted by Crippen LogP contribution is 2.14. The number of nitrogens with one attached hydrogen (secondary N) is 1. The molecule has 0 bridgehead atoms. The number of pyridine rings is 1. The quantitative estimate of drug-likeness (QED) is 0.823. The van der Waals surface area contributed by atoms with Gasteiger partial charge in [-0.2, -0.15) is 0 Å². The van der Waals surface area contributed by atoms with E-state index in [4.69, 9.17) is 9.94 Å². The number of amides is 1. The van der Waals surface area contributed by atoms with Gasteiger partial charge in [0.1, 0.15) is 0 Å². The van der Waals surface area contributed by atoms with Gasteiger partial charge in [0.2, 0.25) is 6.10 Å². The van der Waals surface area contributed by atoms with Crippen molar-refractivity contribution < 1.29 is 19.5 Å². The number of carbonyl (C=O) groups is 2. The fraction of sp³-hybridized carbons (Fsp3) is 0.333. The second-order valence-electron chi connectivity index (χ2n) is 4.15. The van der Waals surface area contributed by atoms with E-state index < -0.39 is 12.1 Å². The van der Waals surface area contributed by atoms with Gasteiger partial charge in [-0.15, -0.1) is 0 Å². The fourth-order valence-electron chi connectivity index (χ4n) is 1.69. The minimum atomic E-state index is -1.17. The molecule has 1 aliphatic rings. The van der Waals surface area contributed by atoms with Crippen LogP contribution in [0.4, 0.5) is 0 Å². The smallest absolute Gasteiger partial charge is 0.353 e. The first kappa shape index (κ1) is 13.0. The van der Waals surface area contributed by atoms with Crippen LogP contribution < -0.4 is 5.32 Å².